The predicted octanol–water partition coefficient (Wildman–Crippen LogP) is 4.94. The van der Waals surface area contributed by atoms with Crippen molar-refractivity contribution < 1.29 is 14.3 Å². The van der Waals surface area contributed by atoms with Gasteiger partial charge in [-0.25, -0.2) is 5.43 Å². The van der Waals surface area contributed by atoms with Crippen molar-refractivity contribution in [3.05, 3.63) is 75.5 Å². The average molecular weight is 446 g/mol. The SMILES string of the molecule is COc1ccccc1OCC(=O)N/N=C\c1cc(C)n(-c2cc(Cl)cc(Cl)c2)c1C. The van der Waals surface area contributed by atoms with Gasteiger partial charge in [-0.3, -0.25) is 4.79 Å². The first kappa shape index (κ1) is 21.7. The van der Waals surface area contributed by atoms with Crippen LogP contribution in [0.2, 0.25) is 10.0 Å². The summed E-state index contributed by atoms with van der Waals surface area (Å²) in [5.41, 5.74) is 6.10. The van der Waals surface area contributed by atoms with E-state index in [0.29, 0.717) is 21.5 Å². The van der Waals surface area contributed by atoms with Crippen LogP contribution in [0.1, 0.15) is 17.0 Å². The second-order valence-corrected chi connectivity index (χ2v) is 7.40. The van der Waals surface area contributed by atoms with Crippen LogP contribution in [0.5, 0.6) is 11.5 Å². The van der Waals surface area contributed by atoms with E-state index in [9.17, 15) is 4.79 Å². The molecule has 6 nitrogen and oxygen atoms in total. The molecule has 3 rings (SSSR count). The number of nitrogens with zero attached hydrogens (tertiary/aromatic N) is 2. The Morgan fingerprint density at radius 1 is 1.10 bits per heavy atom. The first-order valence-corrected chi connectivity index (χ1v) is 9.87. The molecule has 2 aromatic carbocycles. The zero-order chi connectivity index (χ0) is 21.7. The van der Waals surface area contributed by atoms with E-state index in [-0.39, 0.29) is 12.5 Å². The number of halogens is 2. The third-order valence-electron chi connectivity index (χ3n) is 4.40. The summed E-state index contributed by atoms with van der Waals surface area (Å²) >= 11 is 12.3. The Morgan fingerprint density at radius 2 is 1.77 bits per heavy atom. The summed E-state index contributed by atoms with van der Waals surface area (Å²) in [5, 5.41) is 5.15. The highest BCUT2D eigenvalue weighted by molar-refractivity contribution is 6.34. The number of aryl methyl sites for hydroxylation is 1. The molecule has 0 unspecified atom stereocenters. The van der Waals surface area contributed by atoms with Crippen LogP contribution in [-0.2, 0) is 4.79 Å². The van der Waals surface area contributed by atoms with Crippen LogP contribution in [0.3, 0.4) is 0 Å². The van der Waals surface area contributed by atoms with Gasteiger partial charge in [-0.15, -0.1) is 0 Å². The van der Waals surface area contributed by atoms with Gasteiger partial charge in [-0.2, -0.15) is 5.10 Å². The molecule has 8 heteroatoms. The van der Waals surface area contributed by atoms with Crippen molar-refractivity contribution in [3.63, 3.8) is 0 Å². The van der Waals surface area contributed by atoms with Crippen LogP contribution in [-0.4, -0.2) is 30.4 Å². The van der Waals surface area contributed by atoms with Gasteiger partial charge in [0.05, 0.1) is 13.3 Å². The van der Waals surface area contributed by atoms with Crippen molar-refractivity contribution in [2.75, 3.05) is 13.7 Å². The lowest BCUT2D eigenvalue weighted by molar-refractivity contribution is -0.123. The average Bonchev–Trinajstić information content (AvgIpc) is 2.99. The monoisotopic (exact) mass is 445 g/mol. The lowest BCUT2D eigenvalue weighted by Gasteiger charge is -2.10. The number of carbonyl (C=O) groups excluding carboxylic acids is 1. The van der Waals surface area contributed by atoms with E-state index >= 15 is 0 Å². The number of rotatable bonds is 7. The molecule has 1 heterocycles. The zero-order valence-electron chi connectivity index (χ0n) is 16.8. The topological polar surface area (TPSA) is 64.8 Å². The molecule has 0 bridgehead atoms. The summed E-state index contributed by atoms with van der Waals surface area (Å²) in [6.07, 6.45) is 1.59. The van der Waals surface area contributed by atoms with Crippen molar-refractivity contribution in [2.45, 2.75) is 13.8 Å². The van der Waals surface area contributed by atoms with Crippen molar-refractivity contribution in [1.29, 1.82) is 0 Å². The largest absolute Gasteiger partial charge is 0.493 e. The number of aromatic nitrogens is 1. The smallest absolute Gasteiger partial charge is 0.277 e. The number of amides is 1. The molecule has 1 amide bonds. The van der Waals surface area contributed by atoms with Gasteiger partial charge in [0.25, 0.3) is 5.91 Å². The molecule has 0 spiro atoms. The Labute approximate surface area is 185 Å². The minimum atomic E-state index is -0.382. The van der Waals surface area contributed by atoms with Crippen molar-refractivity contribution in [2.24, 2.45) is 5.10 Å². The second-order valence-electron chi connectivity index (χ2n) is 6.52. The molecule has 0 radical (unpaired) electrons. The molecule has 0 saturated carbocycles. The summed E-state index contributed by atoms with van der Waals surface area (Å²) in [4.78, 5) is 12.0. The number of ether oxygens (including phenoxy) is 2. The maximum atomic E-state index is 12.0. The number of benzene rings is 2. The first-order valence-electron chi connectivity index (χ1n) is 9.12. The Kier molecular flexibility index (Phi) is 7.03. The lowest BCUT2D eigenvalue weighted by Crippen LogP contribution is -2.24. The Bertz CT molecular complexity index is 1070. The zero-order valence-corrected chi connectivity index (χ0v) is 18.3. The van der Waals surface area contributed by atoms with Gasteiger partial charge in [0.1, 0.15) is 0 Å². The van der Waals surface area contributed by atoms with Gasteiger partial charge in [0, 0.05) is 32.7 Å². The highest BCUT2D eigenvalue weighted by atomic mass is 35.5. The number of hydrogen-bond acceptors (Lipinski definition) is 4. The number of para-hydroxylation sites is 2. The Morgan fingerprint density at radius 3 is 2.43 bits per heavy atom. The lowest BCUT2D eigenvalue weighted by atomic mass is 10.2. The van der Waals surface area contributed by atoms with Crippen LogP contribution in [0.25, 0.3) is 5.69 Å². The molecule has 0 aliphatic rings. The summed E-state index contributed by atoms with van der Waals surface area (Å²) in [6, 6.07) is 14.4. The van der Waals surface area contributed by atoms with Crippen LogP contribution in [0.4, 0.5) is 0 Å². The van der Waals surface area contributed by atoms with Crippen LogP contribution in [0, 0.1) is 13.8 Å². The molecule has 1 aromatic heterocycles. The number of hydrazone groups is 1. The molecule has 0 saturated heterocycles. The van der Waals surface area contributed by atoms with Gasteiger partial charge in [-0.05, 0) is 50.2 Å². The van der Waals surface area contributed by atoms with E-state index in [2.05, 4.69) is 10.5 Å². The van der Waals surface area contributed by atoms with Gasteiger partial charge < -0.3 is 14.0 Å². The quantitative estimate of drug-likeness (QED) is 0.413. The molecule has 0 fully saturated rings. The first-order chi connectivity index (χ1) is 14.4. The number of nitrogens with one attached hydrogen (secondary N) is 1. The van der Waals surface area contributed by atoms with Crippen LogP contribution >= 0.6 is 23.2 Å². The van der Waals surface area contributed by atoms with Crippen LogP contribution < -0.4 is 14.9 Å². The standard InChI is InChI=1S/C22H21Cl2N3O3/c1-14-8-16(15(2)27(14)19-10-17(23)9-18(24)11-19)12-25-26-22(28)13-30-21-7-5-4-6-20(21)29-3/h4-12H,13H2,1-3H3,(H,26,28)/b25-12-. The maximum Gasteiger partial charge on any atom is 0.277 e. The number of methoxy groups -OCH3 is 1. The summed E-state index contributed by atoms with van der Waals surface area (Å²) in [6.45, 7) is 3.74. The summed E-state index contributed by atoms with van der Waals surface area (Å²) < 4.78 is 12.7. The van der Waals surface area contributed by atoms with E-state index in [1.807, 2.05) is 42.7 Å². The van der Waals surface area contributed by atoms with Gasteiger partial charge >= 0.3 is 0 Å². The fourth-order valence-electron chi connectivity index (χ4n) is 3.07. The minimum Gasteiger partial charge on any atom is -0.493 e. The van der Waals surface area contributed by atoms with Crippen molar-refractivity contribution >= 4 is 35.3 Å². The third-order valence-corrected chi connectivity index (χ3v) is 4.83. The van der Waals surface area contributed by atoms with Crippen LogP contribution in [0.15, 0.2) is 53.6 Å². The van der Waals surface area contributed by atoms with Crippen molar-refractivity contribution in [3.8, 4) is 17.2 Å². The Balaban J connectivity index is 1.66. The summed E-state index contributed by atoms with van der Waals surface area (Å²) in [7, 11) is 1.54. The third kappa shape index (κ3) is 5.14. The molecular weight excluding hydrogens is 425 g/mol. The maximum absolute atomic E-state index is 12.0. The number of carbonyl (C=O) groups is 1. The fourth-order valence-corrected chi connectivity index (χ4v) is 3.59. The molecule has 0 aliphatic heterocycles. The van der Waals surface area contributed by atoms with E-state index in [4.69, 9.17) is 32.7 Å². The van der Waals surface area contributed by atoms with E-state index in [1.165, 1.54) is 0 Å². The molecule has 156 valence electrons. The molecule has 3 aromatic rings. The molecule has 30 heavy (non-hydrogen) atoms. The Hall–Kier alpha value is -2.96. The molecule has 0 atom stereocenters. The molecule has 0 aliphatic carbocycles. The van der Waals surface area contributed by atoms with Crippen molar-refractivity contribution in [1.82, 2.24) is 9.99 Å². The predicted molar refractivity (Wildman–Crippen MR) is 119 cm³/mol. The van der Waals surface area contributed by atoms with Gasteiger partial charge in [-0.1, -0.05) is 35.3 Å². The summed E-state index contributed by atoms with van der Waals surface area (Å²) in [5.74, 6) is 0.665. The highest BCUT2D eigenvalue weighted by Crippen LogP contribution is 2.26. The minimum absolute atomic E-state index is 0.183. The van der Waals surface area contributed by atoms with E-state index in [0.717, 1.165) is 22.6 Å². The fraction of sp³-hybridized carbons (Fsp3) is 0.182. The van der Waals surface area contributed by atoms with E-state index < -0.39 is 0 Å². The normalized spacial score (nSPS) is 11.0. The molecular formula is C22H21Cl2N3O3. The van der Waals surface area contributed by atoms with Gasteiger partial charge in [0.15, 0.2) is 18.1 Å². The number of hydrogen-bond donors (Lipinski definition) is 1. The second kappa shape index (κ2) is 9.69. The van der Waals surface area contributed by atoms with E-state index in [1.54, 1.807) is 37.6 Å². The highest BCUT2D eigenvalue weighted by Gasteiger charge is 2.11. The molecule has 1 N–H and O–H groups in total. The van der Waals surface area contributed by atoms with Gasteiger partial charge in [0.2, 0.25) is 0 Å².